The summed E-state index contributed by atoms with van der Waals surface area (Å²) in [7, 11) is 0. The van der Waals surface area contributed by atoms with Crippen LogP contribution in [0.15, 0.2) is 24.3 Å². The number of anilines is 1. The van der Waals surface area contributed by atoms with Crippen LogP contribution in [0.3, 0.4) is 0 Å². The Hall–Kier alpha value is -0.350. The fourth-order valence-electron chi connectivity index (χ4n) is 1.68. The zero-order valence-corrected chi connectivity index (χ0v) is 13.3. The predicted molar refractivity (Wildman–Crippen MR) is 80.8 cm³/mol. The van der Waals surface area contributed by atoms with Crippen LogP contribution in [0.4, 0.5) is 5.69 Å². The van der Waals surface area contributed by atoms with E-state index in [1.54, 1.807) is 0 Å². The number of ketones is 1. The summed E-state index contributed by atoms with van der Waals surface area (Å²) in [6.45, 7) is 6.21. The lowest BCUT2D eigenvalue weighted by Crippen LogP contribution is -2.22. The van der Waals surface area contributed by atoms with E-state index in [9.17, 15) is 4.79 Å². The SMILES string of the molecule is CCN(CC)c1ccc(C(=O)C(Br)CBr)cc1. The number of hydrogen-bond donors (Lipinski definition) is 0. The maximum Gasteiger partial charge on any atom is 0.177 e. The number of rotatable bonds is 6. The largest absolute Gasteiger partial charge is 0.372 e. The molecule has 0 saturated heterocycles. The average molecular weight is 363 g/mol. The van der Waals surface area contributed by atoms with Crippen molar-refractivity contribution in [2.75, 3.05) is 23.3 Å². The summed E-state index contributed by atoms with van der Waals surface area (Å²) in [6.07, 6.45) is 0. The van der Waals surface area contributed by atoms with Gasteiger partial charge in [-0.15, -0.1) is 0 Å². The molecule has 1 atom stereocenters. The molecule has 0 heterocycles. The molecule has 1 unspecified atom stereocenters. The molecule has 1 rings (SSSR count). The summed E-state index contributed by atoms with van der Waals surface area (Å²) in [5, 5.41) is 0.629. The van der Waals surface area contributed by atoms with Crippen LogP contribution in [0.5, 0.6) is 0 Å². The molecule has 17 heavy (non-hydrogen) atoms. The summed E-state index contributed by atoms with van der Waals surface area (Å²) in [6, 6.07) is 7.81. The molecule has 0 amide bonds. The average Bonchev–Trinajstić information content (AvgIpc) is 2.39. The summed E-state index contributed by atoms with van der Waals surface area (Å²) in [5.41, 5.74) is 1.92. The van der Waals surface area contributed by atoms with E-state index in [0.717, 1.165) is 24.3 Å². The van der Waals surface area contributed by atoms with E-state index in [0.29, 0.717) is 5.33 Å². The lowest BCUT2D eigenvalue weighted by atomic mass is 10.1. The molecule has 94 valence electrons. The molecular weight excluding hydrogens is 346 g/mol. The van der Waals surface area contributed by atoms with Gasteiger partial charge in [0.1, 0.15) is 0 Å². The predicted octanol–water partition coefficient (Wildman–Crippen LogP) is 3.87. The van der Waals surface area contributed by atoms with Crippen LogP contribution >= 0.6 is 31.9 Å². The van der Waals surface area contributed by atoms with Gasteiger partial charge in [0.05, 0.1) is 4.83 Å². The van der Waals surface area contributed by atoms with E-state index in [-0.39, 0.29) is 10.6 Å². The minimum Gasteiger partial charge on any atom is -0.372 e. The highest BCUT2D eigenvalue weighted by Gasteiger charge is 2.15. The van der Waals surface area contributed by atoms with Gasteiger partial charge in [0.25, 0.3) is 0 Å². The van der Waals surface area contributed by atoms with Crippen molar-refractivity contribution in [2.24, 2.45) is 0 Å². The molecule has 0 saturated carbocycles. The Bertz CT molecular complexity index is 360. The lowest BCUT2D eigenvalue weighted by Gasteiger charge is -2.21. The molecule has 0 fully saturated rings. The molecule has 0 radical (unpaired) electrons. The normalized spacial score (nSPS) is 12.2. The zero-order chi connectivity index (χ0) is 12.8. The van der Waals surface area contributed by atoms with Gasteiger partial charge in [0.15, 0.2) is 5.78 Å². The third-order valence-electron chi connectivity index (χ3n) is 2.70. The van der Waals surface area contributed by atoms with Crippen molar-refractivity contribution in [1.29, 1.82) is 0 Å². The molecule has 0 aromatic heterocycles. The van der Waals surface area contributed by atoms with E-state index in [2.05, 4.69) is 50.6 Å². The second-order valence-electron chi connectivity index (χ2n) is 3.71. The maximum atomic E-state index is 11.9. The molecule has 4 heteroatoms. The second-order valence-corrected chi connectivity index (χ2v) is 5.46. The van der Waals surface area contributed by atoms with E-state index >= 15 is 0 Å². The summed E-state index contributed by atoms with van der Waals surface area (Å²) < 4.78 is 0. The van der Waals surface area contributed by atoms with Gasteiger partial charge in [0, 0.05) is 29.7 Å². The van der Waals surface area contributed by atoms with Gasteiger partial charge < -0.3 is 4.90 Å². The minimum absolute atomic E-state index is 0.118. The van der Waals surface area contributed by atoms with Crippen molar-refractivity contribution in [3.63, 3.8) is 0 Å². The summed E-state index contributed by atoms with van der Waals surface area (Å²) in [5.74, 6) is 0.118. The van der Waals surface area contributed by atoms with Crippen LogP contribution in [-0.2, 0) is 0 Å². The molecule has 0 aliphatic heterocycles. The van der Waals surface area contributed by atoms with Crippen LogP contribution in [-0.4, -0.2) is 29.0 Å². The Morgan fingerprint density at radius 3 is 2.18 bits per heavy atom. The number of hydrogen-bond acceptors (Lipinski definition) is 2. The Morgan fingerprint density at radius 2 is 1.76 bits per heavy atom. The molecular formula is C13H17Br2NO. The van der Waals surface area contributed by atoms with Gasteiger partial charge >= 0.3 is 0 Å². The maximum absolute atomic E-state index is 11.9. The van der Waals surface area contributed by atoms with Gasteiger partial charge in [-0.2, -0.15) is 0 Å². The quantitative estimate of drug-likeness (QED) is 0.565. The number of halogens is 2. The molecule has 0 aliphatic rings. The minimum atomic E-state index is -0.151. The van der Waals surface area contributed by atoms with E-state index in [1.807, 2.05) is 24.3 Å². The molecule has 1 aromatic rings. The Balaban J connectivity index is 2.84. The first-order valence-corrected chi connectivity index (χ1v) is 7.77. The topological polar surface area (TPSA) is 20.3 Å². The van der Waals surface area contributed by atoms with Crippen LogP contribution in [0.25, 0.3) is 0 Å². The van der Waals surface area contributed by atoms with Crippen LogP contribution < -0.4 is 4.90 Å². The van der Waals surface area contributed by atoms with Crippen molar-refractivity contribution in [2.45, 2.75) is 18.7 Å². The third-order valence-corrected chi connectivity index (χ3v) is 4.96. The van der Waals surface area contributed by atoms with Crippen LogP contribution in [0.1, 0.15) is 24.2 Å². The summed E-state index contributed by atoms with van der Waals surface area (Å²) >= 11 is 6.64. The van der Waals surface area contributed by atoms with Crippen LogP contribution in [0, 0.1) is 0 Å². The zero-order valence-electron chi connectivity index (χ0n) is 10.1. The first kappa shape index (κ1) is 14.7. The van der Waals surface area contributed by atoms with Crippen LogP contribution in [0.2, 0.25) is 0 Å². The Kier molecular flexibility index (Phi) is 6.20. The number of carbonyl (C=O) groups is 1. The third kappa shape index (κ3) is 3.81. The number of benzene rings is 1. The fraction of sp³-hybridized carbons (Fsp3) is 0.462. The first-order valence-electron chi connectivity index (χ1n) is 5.73. The molecule has 2 nitrogen and oxygen atoms in total. The van der Waals surface area contributed by atoms with Gasteiger partial charge in [-0.1, -0.05) is 31.9 Å². The van der Waals surface area contributed by atoms with Gasteiger partial charge in [-0.3, -0.25) is 4.79 Å². The summed E-state index contributed by atoms with van der Waals surface area (Å²) in [4.78, 5) is 14.0. The van der Waals surface area contributed by atoms with Crippen molar-refractivity contribution in [1.82, 2.24) is 0 Å². The highest BCUT2D eigenvalue weighted by Crippen LogP contribution is 2.18. The van der Waals surface area contributed by atoms with Gasteiger partial charge in [0.2, 0.25) is 0 Å². The number of carbonyl (C=O) groups excluding carboxylic acids is 1. The number of alkyl halides is 2. The van der Waals surface area contributed by atoms with E-state index < -0.39 is 0 Å². The lowest BCUT2D eigenvalue weighted by molar-refractivity contribution is 0.0997. The Labute approximate surface area is 120 Å². The molecule has 0 spiro atoms. The van der Waals surface area contributed by atoms with E-state index in [4.69, 9.17) is 0 Å². The highest BCUT2D eigenvalue weighted by atomic mass is 79.9. The molecule has 0 N–H and O–H groups in total. The first-order chi connectivity index (χ1) is 8.13. The van der Waals surface area contributed by atoms with Gasteiger partial charge in [-0.05, 0) is 38.1 Å². The number of Topliss-reactive ketones (excluding diaryl/α,β-unsaturated/α-hetero) is 1. The Morgan fingerprint density at radius 1 is 1.24 bits per heavy atom. The molecule has 1 aromatic carbocycles. The molecule has 0 aliphatic carbocycles. The highest BCUT2D eigenvalue weighted by molar-refractivity contribution is 9.12. The monoisotopic (exact) mass is 361 g/mol. The van der Waals surface area contributed by atoms with Crippen molar-refractivity contribution in [3.8, 4) is 0 Å². The molecule has 0 bridgehead atoms. The van der Waals surface area contributed by atoms with Gasteiger partial charge in [-0.25, -0.2) is 0 Å². The second kappa shape index (κ2) is 7.17. The van der Waals surface area contributed by atoms with Crippen molar-refractivity contribution < 1.29 is 4.79 Å². The number of nitrogens with zero attached hydrogens (tertiary/aromatic N) is 1. The van der Waals surface area contributed by atoms with Crippen molar-refractivity contribution >= 4 is 43.3 Å². The fourth-order valence-corrected chi connectivity index (χ4v) is 2.23. The smallest absolute Gasteiger partial charge is 0.177 e. The standard InChI is InChI=1S/C13H17Br2NO/c1-3-16(4-2)11-7-5-10(6-8-11)13(17)12(15)9-14/h5-8,12H,3-4,9H2,1-2H3. The van der Waals surface area contributed by atoms with Crippen molar-refractivity contribution in [3.05, 3.63) is 29.8 Å². The van der Waals surface area contributed by atoms with E-state index in [1.165, 1.54) is 0 Å².